The number of rotatable bonds is 5. The van der Waals surface area contributed by atoms with E-state index in [-0.39, 0.29) is 17.3 Å². The summed E-state index contributed by atoms with van der Waals surface area (Å²) in [5.41, 5.74) is 10.1. The number of nitrogens with one attached hydrogen (secondary N) is 1. The van der Waals surface area contributed by atoms with Gasteiger partial charge < -0.3 is 10.8 Å². The molecule has 1 aromatic heterocycles. The molecule has 2 aromatic carbocycles. The van der Waals surface area contributed by atoms with E-state index >= 15 is 0 Å². The van der Waals surface area contributed by atoms with Gasteiger partial charge in [-0.15, -0.1) is 0 Å². The highest BCUT2D eigenvalue weighted by Crippen LogP contribution is 2.29. The molecule has 0 spiro atoms. The minimum Gasteiger partial charge on any atom is -0.506 e. The Morgan fingerprint density at radius 3 is 2.73 bits per heavy atom. The van der Waals surface area contributed by atoms with Gasteiger partial charge in [0.05, 0.1) is 10.7 Å². The second kappa shape index (κ2) is 7.79. The lowest BCUT2D eigenvalue weighted by Crippen LogP contribution is -2.19. The Labute approximate surface area is 156 Å². The van der Waals surface area contributed by atoms with Gasteiger partial charge in [0.2, 0.25) is 11.5 Å². The molecule has 0 bridgehead atoms. The largest absolute Gasteiger partial charge is 0.506 e. The number of phenols is 1. The maximum Gasteiger partial charge on any atom is 0.297 e. The number of anilines is 1. The number of benzene rings is 2. The highest BCUT2D eigenvalue weighted by molar-refractivity contribution is 9.10. The molecule has 0 aliphatic carbocycles. The van der Waals surface area contributed by atoms with Crippen molar-refractivity contribution in [1.82, 2.24) is 15.7 Å². The van der Waals surface area contributed by atoms with Crippen LogP contribution in [0.15, 0.2) is 56.7 Å². The maximum absolute atomic E-state index is 11.8. The molecule has 0 atom stereocenters. The van der Waals surface area contributed by atoms with Gasteiger partial charge in [0.1, 0.15) is 5.75 Å². The number of phenolic OH excluding ortho intramolecular Hbond substituents is 1. The number of hydrazone groups is 1. The summed E-state index contributed by atoms with van der Waals surface area (Å²) in [4.78, 5) is 11.8. The molecule has 0 aliphatic heterocycles. The number of nitrogens with zero attached hydrogens (tertiary/aromatic N) is 3. The molecular weight excluding hydrogens is 402 g/mol. The zero-order valence-electron chi connectivity index (χ0n) is 13.4. The fourth-order valence-electron chi connectivity index (χ4n) is 2.28. The number of nitrogen functional groups attached to an aromatic ring is 1. The van der Waals surface area contributed by atoms with Gasteiger partial charge in [0.15, 0.2) is 0 Å². The molecule has 1 amide bonds. The number of halogens is 1. The van der Waals surface area contributed by atoms with Crippen molar-refractivity contribution in [2.45, 2.75) is 6.42 Å². The van der Waals surface area contributed by atoms with Crippen molar-refractivity contribution in [3.8, 4) is 5.75 Å². The van der Waals surface area contributed by atoms with E-state index in [4.69, 9.17) is 5.73 Å². The van der Waals surface area contributed by atoms with Crippen molar-refractivity contribution in [3.63, 3.8) is 0 Å². The number of nitrogens with two attached hydrogens (primary N) is 1. The molecule has 26 heavy (non-hydrogen) atoms. The van der Waals surface area contributed by atoms with Crippen molar-refractivity contribution in [3.05, 3.63) is 69.3 Å². The monoisotopic (exact) mass is 415 g/mol. The first kappa shape index (κ1) is 17.6. The summed E-state index contributed by atoms with van der Waals surface area (Å²) in [7, 11) is 0. The van der Waals surface area contributed by atoms with E-state index < -0.39 is 5.91 Å². The Bertz CT molecular complexity index is 956. The quantitative estimate of drug-likeness (QED) is 0.433. The second-order valence-corrected chi connectivity index (χ2v) is 6.23. The lowest BCUT2D eigenvalue weighted by molar-refractivity contribution is 0.0946. The standard InChI is InChI=1S/C17H14BrN5O3/c18-13-8-11(6-10-4-2-1-3-5-10)7-12(15(13)24)9-20-21-17(25)14-16(19)23-26-22-14/h1-5,7-9,24H,6H2,(H2,19,23)(H,21,25). The van der Waals surface area contributed by atoms with Gasteiger partial charge in [0, 0.05) is 5.56 Å². The van der Waals surface area contributed by atoms with E-state index in [1.807, 2.05) is 36.4 Å². The third-order valence-electron chi connectivity index (χ3n) is 3.50. The van der Waals surface area contributed by atoms with Crippen LogP contribution in [0.1, 0.15) is 27.2 Å². The van der Waals surface area contributed by atoms with E-state index in [2.05, 4.69) is 41.4 Å². The van der Waals surface area contributed by atoms with Crippen LogP contribution < -0.4 is 11.2 Å². The molecule has 132 valence electrons. The van der Waals surface area contributed by atoms with Crippen LogP contribution in [-0.4, -0.2) is 27.5 Å². The second-order valence-electron chi connectivity index (χ2n) is 5.38. The first-order valence-corrected chi connectivity index (χ1v) is 8.30. The number of aromatic nitrogens is 2. The third-order valence-corrected chi connectivity index (χ3v) is 4.11. The van der Waals surface area contributed by atoms with Gasteiger partial charge in [-0.3, -0.25) is 4.79 Å². The van der Waals surface area contributed by atoms with Crippen molar-refractivity contribution < 1.29 is 14.5 Å². The molecule has 4 N–H and O–H groups in total. The molecule has 3 aromatic rings. The molecule has 0 aliphatic rings. The average Bonchev–Trinajstić information content (AvgIpc) is 3.06. The average molecular weight is 416 g/mol. The van der Waals surface area contributed by atoms with Crippen molar-refractivity contribution in [2.75, 3.05) is 5.73 Å². The van der Waals surface area contributed by atoms with Gasteiger partial charge in [-0.1, -0.05) is 30.3 Å². The van der Waals surface area contributed by atoms with Crippen molar-refractivity contribution >= 4 is 33.9 Å². The van der Waals surface area contributed by atoms with E-state index in [9.17, 15) is 9.90 Å². The van der Waals surface area contributed by atoms with Crippen LogP contribution >= 0.6 is 15.9 Å². The van der Waals surface area contributed by atoms with Crippen molar-refractivity contribution in [1.29, 1.82) is 0 Å². The number of hydrogen-bond acceptors (Lipinski definition) is 7. The molecule has 8 nitrogen and oxygen atoms in total. The first-order valence-electron chi connectivity index (χ1n) is 7.51. The van der Waals surface area contributed by atoms with Crippen LogP contribution in [0.2, 0.25) is 0 Å². The molecule has 9 heteroatoms. The molecule has 0 saturated heterocycles. The Balaban J connectivity index is 1.76. The molecule has 0 fully saturated rings. The fourth-order valence-corrected chi connectivity index (χ4v) is 2.80. The van der Waals surface area contributed by atoms with Gasteiger partial charge >= 0.3 is 0 Å². The van der Waals surface area contributed by atoms with Crippen LogP contribution in [0.3, 0.4) is 0 Å². The summed E-state index contributed by atoms with van der Waals surface area (Å²) < 4.78 is 4.89. The molecule has 0 saturated carbocycles. The predicted octanol–water partition coefficient (Wildman–Crippen LogP) is 2.47. The highest BCUT2D eigenvalue weighted by Gasteiger charge is 2.15. The summed E-state index contributed by atoms with van der Waals surface area (Å²) >= 11 is 3.33. The number of aromatic hydroxyl groups is 1. The van der Waals surface area contributed by atoms with Crippen LogP contribution in [0, 0.1) is 0 Å². The Kier molecular flexibility index (Phi) is 5.28. The van der Waals surface area contributed by atoms with E-state index in [1.54, 1.807) is 6.07 Å². The van der Waals surface area contributed by atoms with Crippen LogP contribution in [0.4, 0.5) is 5.82 Å². The maximum atomic E-state index is 11.8. The Morgan fingerprint density at radius 2 is 2.04 bits per heavy atom. The van der Waals surface area contributed by atoms with Gasteiger partial charge in [0.25, 0.3) is 5.91 Å². The topological polar surface area (TPSA) is 127 Å². The molecule has 0 unspecified atom stereocenters. The lowest BCUT2D eigenvalue weighted by Gasteiger charge is -2.07. The summed E-state index contributed by atoms with van der Waals surface area (Å²) in [6.07, 6.45) is 2.02. The number of carbonyl (C=O) groups is 1. The Morgan fingerprint density at radius 1 is 1.27 bits per heavy atom. The van der Waals surface area contributed by atoms with E-state index in [1.165, 1.54) is 6.21 Å². The van der Waals surface area contributed by atoms with Gasteiger partial charge in [-0.05, 0) is 55.9 Å². The number of hydrogen-bond donors (Lipinski definition) is 3. The third kappa shape index (κ3) is 4.06. The van der Waals surface area contributed by atoms with Crippen LogP contribution in [0.25, 0.3) is 0 Å². The summed E-state index contributed by atoms with van der Waals surface area (Å²) in [5.74, 6) is -0.783. The number of carbonyl (C=O) groups excluding carboxylic acids is 1. The zero-order valence-corrected chi connectivity index (χ0v) is 15.0. The minimum absolute atomic E-state index is 0.0161. The summed E-state index contributed by atoms with van der Waals surface area (Å²) in [5, 5.41) is 20.7. The van der Waals surface area contributed by atoms with E-state index in [0.717, 1.165) is 11.1 Å². The normalized spacial score (nSPS) is 11.0. The minimum atomic E-state index is -0.668. The van der Waals surface area contributed by atoms with Gasteiger partial charge in [-0.25, -0.2) is 10.1 Å². The van der Waals surface area contributed by atoms with Crippen LogP contribution in [0.5, 0.6) is 5.75 Å². The predicted molar refractivity (Wildman–Crippen MR) is 98.8 cm³/mol. The molecule has 1 heterocycles. The fraction of sp³-hybridized carbons (Fsp3) is 0.0588. The SMILES string of the molecule is Nc1nonc1C(=O)NN=Cc1cc(Cc2ccccc2)cc(Br)c1O. The molecular formula is C17H14BrN5O3. The summed E-state index contributed by atoms with van der Waals surface area (Å²) in [6.45, 7) is 0. The lowest BCUT2D eigenvalue weighted by atomic mass is 10.0. The molecule has 0 radical (unpaired) electrons. The Hall–Kier alpha value is -3.20. The van der Waals surface area contributed by atoms with Gasteiger partial charge in [-0.2, -0.15) is 5.10 Å². The van der Waals surface area contributed by atoms with Crippen LogP contribution in [-0.2, 0) is 6.42 Å². The first-order chi connectivity index (χ1) is 12.5. The summed E-state index contributed by atoms with van der Waals surface area (Å²) in [6, 6.07) is 13.5. The smallest absolute Gasteiger partial charge is 0.297 e. The van der Waals surface area contributed by atoms with Crippen molar-refractivity contribution in [2.24, 2.45) is 5.10 Å². The van der Waals surface area contributed by atoms with E-state index in [0.29, 0.717) is 16.5 Å². The zero-order chi connectivity index (χ0) is 18.5. The number of amides is 1. The highest BCUT2D eigenvalue weighted by atomic mass is 79.9. The molecule has 3 rings (SSSR count).